The molecule has 0 spiro atoms. The Kier molecular flexibility index (Phi) is 7.86. The van der Waals surface area contributed by atoms with Crippen molar-refractivity contribution >= 4 is 29.6 Å². The van der Waals surface area contributed by atoms with Crippen molar-refractivity contribution < 1.29 is 9.31 Å². The predicted molar refractivity (Wildman–Crippen MR) is 193 cm³/mol. The molecule has 1 heterocycles. The van der Waals surface area contributed by atoms with E-state index in [4.69, 9.17) is 9.31 Å². The molecule has 0 aromatic heterocycles. The SMILES string of the molecule is CC1(C)OB(c2ccc(-c3cccc(N(c4ccc(-c5ccccc5)cc4)c4ccc(-c5ccccc5)cc4)c3)cc2)OC1(C)C. The Bertz CT molecular complexity index is 1820. The Morgan fingerprint density at radius 2 is 0.783 bits per heavy atom. The van der Waals surface area contributed by atoms with Crippen molar-refractivity contribution in [1.29, 1.82) is 0 Å². The summed E-state index contributed by atoms with van der Waals surface area (Å²) in [6.07, 6.45) is 0. The van der Waals surface area contributed by atoms with Crippen LogP contribution < -0.4 is 10.4 Å². The van der Waals surface area contributed by atoms with Crippen LogP contribution in [-0.2, 0) is 9.31 Å². The van der Waals surface area contributed by atoms with Gasteiger partial charge in [-0.05, 0) is 103 Å². The van der Waals surface area contributed by atoms with E-state index in [2.05, 4.69) is 190 Å². The van der Waals surface area contributed by atoms with E-state index in [1.165, 1.54) is 22.3 Å². The highest BCUT2D eigenvalue weighted by atomic mass is 16.7. The van der Waals surface area contributed by atoms with E-state index in [9.17, 15) is 0 Å². The van der Waals surface area contributed by atoms with Crippen LogP contribution in [0.4, 0.5) is 17.1 Å². The number of anilines is 3. The molecule has 6 aromatic carbocycles. The first-order chi connectivity index (χ1) is 22.3. The lowest BCUT2D eigenvalue weighted by Crippen LogP contribution is -2.41. The van der Waals surface area contributed by atoms with E-state index in [0.717, 1.165) is 33.7 Å². The lowest BCUT2D eigenvalue weighted by Gasteiger charge is -2.32. The molecule has 0 amide bonds. The normalized spacial score (nSPS) is 15.1. The third kappa shape index (κ3) is 5.90. The summed E-state index contributed by atoms with van der Waals surface area (Å²) >= 11 is 0. The van der Waals surface area contributed by atoms with E-state index >= 15 is 0 Å². The maximum absolute atomic E-state index is 6.29. The molecule has 0 radical (unpaired) electrons. The van der Waals surface area contributed by atoms with Gasteiger partial charge >= 0.3 is 7.12 Å². The van der Waals surface area contributed by atoms with Crippen LogP contribution in [0.15, 0.2) is 158 Å². The van der Waals surface area contributed by atoms with Crippen LogP contribution in [-0.4, -0.2) is 18.3 Å². The van der Waals surface area contributed by atoms with E-state index in [1.54, 1.807) is 0 Å². The zero-order chi connectivity index (χ0) is 31.7. The summed E-state index contributed by atoms with van der Waals surface area (Å²) in [6, 6.07) is 56.0. The van der Waals surface area contributed by atoms with Crippen LogP contribution in [0.5, 0.6) is 0 Å². The van der Waals surface area contributed by atoms with Crippen LogP contribution in [0.25, 0.3) is 33.4 Å². The van der Waals surface area contributed by atoms with Crippen LogP contribution in [0.1, 0.15) is 27.7 Å². The van der Waals surface area contributed by atoms with Gasteiger partial charge in [-0.25, -0.2) is 0 Å². The maximum atomic E-state index is 6.29. The molecule has 7 rings (SSSR count). The Hall–Kier alpha value is -4.90. The fourth-order valence-electron chi connectivity index (χ4n) is 5.95. The Labute approximate surface area is 273 Å². The van der Waals surface area contributed by atoms with Gasteiger partial charge in [0, 0.05) is 17.1 Å². The largest absolute Gasteiger partial charge is 0.494 e. The Morgan fingerprint density at radius 3 is 1.26 bits per heavy atom. The van der Waals surface area contributed by atoms with E-state index in [-0.39, 0.29) is 18.3 Å². The molecule has 226 valence electrons. The smallest absolute Gasteiger partial charge is 0.399 e. The summed E-state index contributed by atoms with van der Waals surface area (Å²) in [7, 11) is -0.376. The minimum atomic E-state index is -0.376. The Balaban J connectivity index is 1.23. The third-order valence-corrected chi connectivity index (χ3v) is 9.34. The molecule has 1 aliphatic heterocycles. The maximum Gasteiger partial charge on any atom is 0.494 e. The number of benzene rings is 6. The number of rotatable bonds is 7. The van der Waals surface area contributed by atoms with Crippen molar-refractivity contribution in [2.75, 3.05) is 4.90 Å². The zero-order valence-electron chi connectivity index (χ0n) is 26.9. The highest BCUT2D eigenvalue weighted by Crippen LogP contribution is 2.39. The highest BCUT2D eigenvalue weighted by molar-refractivity contribution is 6.62. The minimum absolute atomic E-state index is 0.368. The summed E-state index contributed by atoms with van der Waals surface area (Å²) in [5, 5.41) is 0. The van der Waals surface area contributed by atoms with Crippen molar-refractivity contribution in [3.05, 3.63) is 158 Å². The number of hydrogen-bond acceptors (Lipinski definition) is 3. The molecule has 0 bridgehead atoms. The second-order valence-electron chi connectivity index (χ2n) is 12.9. The van der Waals surface area contributed by atoms with Gasteiger partial charge in [-0.2, -0.15) is 0 Å². The quantitative estimate of drug-likeness (QED) is 0.171. The molecule has 0 saturated carbocycles. The van der Waals surface area contributed by atoms with E-state index in [0.29, 0.717) is 0 Å². The Morgan fingerprint density at radius 1 is 0.391 bits per heavy atom. The van der Waals surface area contributed by atoms with Crippen molar-refractivity contribution in [3.63, 3.8) is 0 Å². The van der Waals surface area contributed by atoms with Crippen molar-refractivity contribution in [3.8, 4) is 33.4 Å². The van der Waals surface area contributed by atoms with Gasteiger partial charge in [0.1, 0.15) is 0 Å². The summed E-state index contributed by atoms with van der Waals surface area (Å²) < 4.78 is 12.6. The molecule has 1 fully saturated rings. The first kappa shape index (κ1) is 29.8. The second kappa shape index (κ2) is 12.1. The topological polar surface area (TPSA) is 21.7 Å². The minimum Gasteiger partial charge on any atom is -0.399 e. The van der Waals surface area contributed by atoms with Gasteiger partial charge in [-0.3, -0.25) is 0 Å². The predicted octanol–water partition coefficient (Wildman–Crippen LogP) is 10.5. The van der Waals surface area contributed by atoms with Gasteiger partial charge < -0.3 is 14.2 Å². The standard InChI is InChI=1S/C42H38BNO2/c1-41(2)42(3,4)46-43(45-41)37-24-18-35(19-25-37)36-16-11-17-40(30-36)44(38-26-20-33(21-27-38)31-12-7-5-8-13-31)39-28-22-34(23-29-39)32-14-9-6-10-15-32/h5-30H,1-4H3. The molecule has 3 nitrogen and oxygen atoms in total. The van der Waals surface area contributed by atoms with Gasteiger partial charge in [0.25, 0.3) is 0 Å². The summed E-state index contributed by atoms with van der Waals surface area (Å²) in [6.45, 7) is 8.35. The van der Waals surface area contributed by atoms with Gasteiger partial charge in [-0.15, -0.1) is 0 Å². The molecule has 0 N–H and O–H groups in total. The van der Waals surface area contributed by atoms with Gasteiger partial charge in [0.05, 0.1) is 11.2 Å². The molecule has 6 aromatic rings. The highest BCUT2D eigenvalue weighted by Gasteiger charge is 2.51. The molecule has 46 heavy (non-hydrogen) atoms. The van der Waals surface area contributed by atoms with E-state index < -0.39 is 0 Å². The molecular weight excluding hydrogens is 561 g/mol. The average molecular weight is 600 g/mol. The van der Waals surface area contributed by atoms with Gasteiger partial charge in [0.2, 0.25) is 0 Å². The molecule has 4 heteroatoms. The lowest BCUT2D eigenvalue weighted by molar-refractivity contribution is 0.00578. The lowest BCUT2D eigenvalue weighted by atomic mass is 9.78. The molecule has 1 saturated heterocycles. The molecule has 0 atom stereocenters. The molecule has 0 unspecified atom stereocenters. The van der Waals surface area contributed by atoms with Crippen molar-refractivity contribution in [2.24, 2.45) is 0 Å². The van der Waals surface area contributed by atoms with Crippen LogP contribution in [0.2, 0.25) is 0 Å². The summed E-state index contributed by atoms with van der Waals surface area (Å²) in [5.41, 5.74) is 10.7. The zero-order valence-corrected chi connectivity index (χ0v) is 26.9. The van der Waals surface area contributed by atoms with Crippen LogP contribution in [0, 0.1) is 0 Å². The second-order valence-corrected chi connectivity index (χ2v) is 12.9. The monoisotopic (exact) mass is 599 g/mol. The van der Waals surface area contributed by atoms with Crippen LogP contribution >= 0.6 is 0 Å². The molecule has 0 aliphatic carbocycles. The van der Waals surface area contributed by atoms with Crippen molar-refractivity contribution in [2.45, 2.75) is 38.9 Å². The molecular formula is C42H38BNO2. The first-order valence-electron chi connectivity index (χ1n) is 15.9. The average Bonchev–Trinajstić information content (AvgIpc) is 3.32. The number of hydrogen-bond donors (Lipinski definition) is 0. The fourth-order valence-corrected chi connectivity index (χ4v) is 5.95. The number of nitrogens with zero attached hydrogens (tertiary/aromatic N) is 1. The fraction of sp³-hybridized carbons (Fsp3) is 0.143. The summed E-state index contributed by atoms with van der Waals surface area (Å²) in [5.74, 6) is 0. The first-order valence-corrected chi connectivity index (χ1v) is 15.9. The van der Waals surface area contributed by atoms with Gasteiger partial charge in [0.15, 0.2) is 0 Å². The summed E-state index contributed by atoms with van der Waals surface area (Å²) in [4.78, 5) is 2.33. The third-order valence-electron chi connectivity index (χ3n) is 9.34. The molecule has 1 aliphatic rings. The van der Waals surface area contributed by atoms with Crippen LogP contribution in [0.3, 0.4) is 0 Å². The van der Waals surface area contributed by atoms with Crippen molar-refractivity contribution in [1.82, 2.24) is 0 Å². The van der Waals surface area contributed by atoms with Gasteiger partial charge in [-0.1, -0.05) is 121 Å². The van der Waals surface area contributed by atoms with E-state index in [1.807, 2.05) is 0 Å².